The third-order valence-electron chi connectivity index (χ3n) is 6.20. The van der Waals surface area contributed by atoms with E-state index in [-0.39, 0.29) is 34.4 Å². The van der Waals surface area contributed by atoms with Gasteiger partial charge in [-0.3, -0.25) is 9.59 Å². The summed E-state index contributed by atoms with van der Waals surface area (Å²) in [6.45, 7) is 10.8. The highest BCUT2D eigenvalue weighted by Crippen LogP contribution is 2.42. The van der Waals surface area contributed by atoms with Crippen molar-refractivity contribution in [2.45, 2.75) is 33.7 Å². The van der Waals surface area contributed by atoms with Crippen molar-refractivity contribution in [3.63, 3.8) is 0 Å². The number of hydrogen-bond donors (Lipinski definition) is 2. The number of phenols is 1. The highest BCUT2D eigenvalue weighted by atomic mass is 35.5. The molecule has 0 radical (unpaired) electrons. The third kappa shape index (κ3) is 5.60. The van der Waals surface area contributed by atoms with Gasteiger partial charge < -0.3 is 29.5 Å². The molecule has 36 heavy (non-hydrogen) atoms. The Morgan fingerprint density at radius 1 is 1.00 bits per heavy atom. The molecule has 9 heteroatoms. The van der Waals surface area contributed by atoms with Crippen LogP contribution in [0.3, 0.4) is 0 Å². The number of ketones is 1. The predicted octanol–water partition coefficient (Wildman–Crippen LogP) is 4.61. The fraction of sp³-hybridized carbons (Fsp3) is 0.407. The fourth-order valence-corrected chi connectivity index (χ4v) is 4.53. The molecule has 0 spiro atoms. The molecule has 0 saturated carbocycles. The number of rotatable bonds is 11. The van der Waals surface area contributed by atoms with Crippen molar-refractivity contribution in [1.82, 2.24) is 9.80 Å². The molecule has 0 aliphatic carbocycles. The average Bonchev–Trinajstić information content (AvgIpc) is 3.12. The topological polar surface area (TPSA) is 99.5 Å². The van der Waals surface area contributed by atoms with E-state index in [0.717, 1.165) is 13.1 Å². The van der Waals surface area contributed by atoms with E-state index in [1.165, 1.54) is 17.0 Å². The molecule has 1 amide bonds. The molecular weight excluding hydrogens is 484 g/mol. The maximum atomic E-state index is 13.3. The standard InChI is InChI=1S/C27H33ClN2O6/c1-5-29(6-2)13-14-30-24(17-9-11-20(31)22(16-17)36-8-4)23(26(33)27(30)34)25(32)18-10-12-21(35-7-3)19(28)15-18/h9-12,15-16,24,31-32H,5-8,13-14H2,1-4H3/t24-/m0/s1. The number of likely N-dealkylation sites (tertiary alicyclic amines) is 1. The summed E-state index contributed by atoms with van der Waals surface area (Å²) in [5.74, 6) is -1.19. The van der Waals surface area contributed by atoms with Crippen molar-refractivity contribution in [3.05, 3.63) is 58.1 Å². The van der Waals surface area contributed by atoms with Crippen LogP contribution in [-0.2, 0) is 9.59 Å². The number of aromatic hydroxyl groups is 1. The molecule has 1 heterocycles. The average molecular weight is 517 g/mol. The second-order valence-electron chi connectivity index (χ2n) is 8.26. The first-order valence-corrected chi connectivity index (χ1v) is 12.5. The number of ether oxygens (including phenoxy) is 2. The van der Waals surface area contributed by atoms with Gasteiger partial charge in [-0.1, -0.05) is 31.5 Å². The van der Waals surface area contributed by atoms with E-state index >= 15 is 0 Å². The van der Waals surface area contributed by atoms with E-state index in [2.05, 4.69) is 4.90 Å². The van der Waals surface area contributed by atoms with Gasteiger partial charge in [-0.15, -0.1) is 0 Å². The van der Waals surface area contributed by atoms with Gasteiger partial charge in [0.25, 0.3) is 11.7 Å². The Morgan fingerprint density at radius 2 is 1.67 bits per heavy atom. The smallest absolute Gasteiger partial charge is 0.295 e. The molecule has 3 rings (SSSR count). The number of hydrogen-bond acceptors (Lipinski definition) is 7. The summed E-state index contributed by atoms with van der Waals surface area (Å²) in [6.07, 6.45) is 0. The van der Waals surface area contributed by atoms with Gasteiger partial charge >= 0.3 is 0 Å². The number of phenolic OH excluding ortho intramolecular Hbond substituents is 1. The molecule has 1 saturated heterocycles. The van der Waals surface area contributed by atoms with Crippen molar-refractivity contribution in [3.8, 4) is 17.2 Å². The lowest BCUT2D eigenvalue weighted by Gasteiger charge is -2.28. The molecule has 1 fully saturated rings. The van der Waals surface area contributed by atoms with Crippen molar-refractivity contribution in [2.75, 3.05) is 39.4 Å². The van der Waals surface area contributed by atoms with Crippen molar-refractivity contribution in [2.24, 2.45) is 0 Å². The van der Waals surface area contributed by atoms with E-state index in [0.29, 0.717) is 36.6 Å². The predicted molar refractivity (Wildman–Crippen MR) is 139 cm³/mol. The Kier molecular flexibility index (Phi) is 9.23. The quantitative estimate of drug-likeness (QED) is 0.255. The highest BCUT2D eigenvalue weighted by Gasteiger charge is 2.46. The molecular formula is C27H33ClN2O6. The van der Waals surface area contributed by atoms with Crippen LogP contribution in [0.25, 0.3) is 5.76 Å². The zero-order chi connectivity index (χ0) is 26.4. The summed E-state index contributed by atoms with van der Waals surface area (Å²) in [7, 11) is 0. The summed E-state index contributed by atoms with van der Waals surface area (Å²) in [5, 5.41) is 21.8. The van der Waals surface area contributed by atoms with Crippen molar-refractivity contribution < 1.29 is 29.3 Å². The van der Waals surface area contributed by atoms with Crippen LogP contribution in [0.1, 0.15) is 44.9 Å². The number of Topliss-reactive ketones (excluding diaryl/α,β-unsaturated/α-hetero) is 1. The number of aliphatic hydroxyl groups excluding tert-OH is 1. The number of halogens is 1. The van der Waals surface area contributed by atoms with Crippen LogP contribution in [0.2, 0.25) is 5.02 Å². The summed E-state index contributed by atoms with van der Waals surface area (Å²) >= 11 is 6.32. The second-order valence-corrected chi connectivity index (χ2v) is 8.66. The molecule has 0 aromatic heterocycles. The van der Waals surface area contributed by atoms with Gasteiger partial charge in [-0.2, -0.15) is 0 Å². The van der Waals surface area contributed by atoms with Gasteiger partial charge in [0, 0.05) is 18.7 Å². The van der Waals surface area contributed by atoms with E-state index < -0.39 is 17.7 Å². The van der Waals surface area contributed by atoms with Gasteiger partial charge in [0.05, 0.1) is 29.9 Å². The normalized spacial score (nSPS) is 17.2. The molecule has 1 aliphatic heterocycles. The second kappa shape index (κ2) is 12.1. The van der Waals surface area contributed by atoms with Crippen LogP contribution in [0, 0.1) is 0 Å². The largest absolute Gasteiger partial charge is 0.507 e. The number of amides is 1. The molecule has 2 N–H and O–H groups in total. The monoisotopic (exact) mass is 516 g/mol. The van der Waals surface area contributed by atoms with Crippen LogP contribution in [0.5, 0.6) is 17.2 Å². The first-order valence-electron chi connectivity index (χ1n) is 12.2. The van der Waals surface area contributed by atoms with Gasteiger partial charge in [0.15, 0.2) is 11.5 Å². The number of aliphatic hydroxyl groups is 1. The Labute approximate surface area is 216 Å². The maximum Gasteiger partial charge on any atom is 0.295 e. The maximum absolute atomic E-state index is 13.3. The lowest BCUT2D eigenvalue weighted by Crippen LogP contribution is -2.38. The van der Waals surface area contributed by atoms with E-state index in [1.54, 1.807) is 31.2 Å². The molecule has 1 atom stereocenters. The molecule has 8 nitrogen and oxygen atoms in total. The SMILES string of the molecule is CCOc1cc([C@H]2C(=C(O)c3ccc(OCC)c(Cl)c3)C(=O)C(=O)N2CCN(CC)CC)ccc1O. The zero-order valence-electron chi connectivity index (χ0n) is 21.1. The number of benzene rings is 2. The summed E-state index contributed by atoms with van der Waals surface area (Å²) in [4.78, 5) is 30.1. The van der Waals surface area contributed by atoms with E-state index in [1.807, 2.05) is 20.8 Å². The Morgan fingerprint density at radius 3 is 2.28 bits per heavy atom. The highest BCUT2D eigenvalue weighted by molar-refractivity contribution is 6.46. The van der Waals surface area contributed by atoms with Gasteiger partial charge in [0.2, 0.25) is 0 Å². The molecule has 0 unspecified atom stereocenters. The number of carbonyl (C=O) groups excluding carboxylic acids is 2. The Balaban J connectivity index is 2.14. The van der Waals surface area contributed by atoms with Crippen LogP contribution in [0.15, 0.2) is 42.0 Å². The summed E-state index contributed by atoms with van der Waals surface area (Å²) < 4.78 is 11.0. The minimum absolute atomic E-state index is 0.0482. The number of nitrogens with zero attached hydrogens (tertiary/aromatic N) is 2. The van der Waals surface area contributed by atoms with Crippen molar-refractivity contribution in [1.29, 1.82) is 0 Å². The van der Waals surface area contributed by atoms with Crippen LogP contribution < -0.4 is 9.47 Å². The number of carbonyl (C=O) groups is 2. The lowest BCUT2D eigenvalue weighted by atomic mass is 9.95. The number of likely N-dealkylation sites (N-methyl/N-ethyl adjacent to an activating group) is 1. The minimum Gasteiger partial charge on any atom is -0.507 e. The van der Waals surface area contributed by atoms with Crippen LogP contribution >= 0.6 is 11.6 Å². The summed E-state index contributed by atoms with van der Waals surface area (Å²) in [6, 6.07) is 8.51. The minimum atomic E-state index is -0.870. The fourth-order valence-electron chi connectivity index (χ4n) is 4.29. The Hall–Kier alpha value is -3.23. The van der Waals surface area contributed by atoms with E-state index in [4.69, 9.17) is 21.1 Å². The molecule has 0 bridgehead atoms. The van der Waals surface area contributed by atoms with Gasteiger partial charge in [0.1, 0.15) is 11.5 Å². The van der Waals surface area contributed by atoms with Crippen LogP contribution in [-0.4, -0.2) is 71.1 Å². The third-order valence-corrected chi connectivity index (χ3v) is 6.49. The van der Waals surface area contributed by atoms with Crippen molar-refractivity contribution >= 4 is 29.1 Å². The van der Waals surface area contributed by atoms with Gasteiger partial charge in [-0.25, -0.2) is 0 Å². The van der Waals surface area contributed by atoms with E-state index in [9.17, 15) is 19.8 Å². The molecule has 1 aliphatic rings. The lowest BCUT2D eigenvalue weighted by molar-refractivity contribution is -0.140. The molecule has 2 aromatic rings. The van der Waals surface area contributed by atoms with Crippen LogP contribution in [0.4, 0.5) is 0 Å². The zero-order valence-corrected chi connectivity index (χ0v) is 21.8. The van der Waals surface area contributed by atoms with Gasteiger partial charge in [-0.05, 0) is 62.8 Å². The Bertz CT molecular complexity index is 1150. The molecule has 194 valence electrons. The first kappa shape index (κ1) is 27.4. The summed E-state index contributed by atoms with van der Waals surface area (Å²) in [5.41, 5.74) is 0.778. The molecule has 2 aromatic carbocycles. The first-order chi connectivity index (χ1) is 17.3.